The van der Waals surface area contributed by atoms with Gasteiger partial charge in [-0.3, -0.25) is 4.79 Å². The molecule has 0 spiro atoms. The zero-order chi connectivity index (χ0) is 20.2. The highest BCUT2D eigenvalue weighted by Crippen LogP contribution is 2.17. The number of hydrogen-bond donors (Lipinski definition) is 3. The number of para-hydroxylation sites is 1. The molecule has 2 rings (SSSR count). The van der Waals surface area contributed by atoms with Crippen LogP contribution in [0.5, 0.6) is 5.75 Å². The van der Waals surface area contributed by atoms with Gasteiger partial charge < -0.3 is 20.7 Å². The molecule has 7 heteroatoms. The fourth-order valence-electron chi connectivity index (χ4n) is 2.57. The van der Waals surface area contributed by atoms with Crippen LogP contribution >= 0.6 is 0 Å². The first-order valence-electron chi connectivity index (χ1n) is 9.27. The number of methoxy groups -OCH3 is 1. The van der Waals surface area contributed by atoms with Crippen LogP contribution < -0.4 is 20.7 Å². The van der Waals surface area contributed by atoms with Gasteiger partial charge in [-0.15, -0.1) is 0 Å². The number of nitrogens with one attached hydrogen (secondary N) is 3. The average Bonchev–Trinajstić information content (AvgIpc) is 2.71. The smallest absolute Gasteiger partial charge is 0.224 e. The van der Waals surface area contributed by atoms with Crippen molar-refractivity contribution in [3.63, 3.8) is 0 Å². The first-order chi connectivity index (χ1) is 13.6. The second-order valence-corrected chi connectivity index (χ2v) is 6.09. The summed E-state index contributed by atoms with van der Waals surface area (Å²) in [5.41, 5.74) is 1.77. The Kier molecular flexibility index (Phi) is 8.78. The Bertz CT molecular complexity index is 778. The van der Waals surface area contributed by atoms with Gasteiger partial charge in [-0.2, -0.15) is 0 Å². The first kappa shape index (κ1) is 21.2. The van der Waals surface area contributed by atoms with Crippen LogP contribution in [0.25, 0.3) is 0 Å². The number of carbonyl (C=O) groups is 1. The number of hydrogen-bond acceptors (Lipinski definition) is 3. The molecule has 0 aliphatic rings. The number of nitrogens with zero attached hydrogens (tertiary/aromatic N) is 1. The Labute approximate surface area is 165 Å². The maximum absolute atomic E-state index is 12.9. The van der Waals surface area contributed by atoms with Crippen LogP contribution in [0.15, 0.2) is 53.5 Å². The van der Waals surface area contributed by atoms with Gasteiger partial charge in [-0.25, -0.2) is 9.38 Å². The topological polar surface area (TPSA) is 74.8 Å². The standard InChI is InChI=1S/C21H27FN4O2/c1-3-23-21(26-15-17-6-4-5-7-19(17)28-2)25-13-12-24-20(27)14-16-8-10-18(22)11-9-16/h4-11H,3,12-15H2,1-2H3,(H,24,27)(H2,23,25,26). The molecule has 1 amide bonds. The summed E-state index contributed by atoms with van der Waals surface area (Å²) in [7, 11) is 1.64. The summed E-state index contributed by atoms with van der Waals surface area (Å²) >= 11 is 0. The Morgan fingerprint density at radius 1 is 1.04 bits per heavy atom. The van der Waals surface area contributed by atoms with Crippen molar-refractivity contribution < 1.29 is 13.9 Å². The minimum Gasteiger partial charge on any atom is -0.496 e. The summed E-state index contributed by atoms with van der Waals surface area (Å²) in [6.45, 7) is 4.20. The highest BCUT2D eigenvalue weighted by Gasteiger charge is 2.04. The molecule has 0 heterocycles. The molecule has 0 aliphatic heterocycles. The van der Waals surface area contributed by atoms with Gasteiger partial charge in [0.15, 0.2) is 5.96 Å². The molecule has 2 aromatic carbocycles. The predicted octanol–water partition coefficient (Wildman–Crippen LogP) is 2.25. The summed E-state index contributed by atoms with van der Waals surface area (Å²) < 4.78 is 18.2. The van der Waals surface area contributed by atoms with Crippen molar-refractivity contribution in [1.29, 1.82) is 0 Å². The molecule has 0 fully saturated rings. The molecule has 0 saturated heterocycles. The number of halogens is 1. The van der Waals surface area contributed by atoms with E-state index in [1.54, 1.807) is 19.2 Å². The summed E-state index contributed by atoms with van der Waals surface area (Å²) in [6.07, 6.45) is 0.224. The lowest BCUT2D eigenvalue weighted by molar-refractivity contribution is -0.120. The van der Waals surface area contributed by atoms with Crippen LogP contribution in [-0.4, -0.2) is 38.6 Å². The number of carbonyl (C=O) groups excluding carboxylic acids is 1. The largest absolute Gasteiger partial charge is 0.496 e. The molecule has 0 aliphatic carbocycles. The molecular weight excluding hydrogens is 359 g/mol. The molecule has 0 saturated carbocycles. The number of rotatable bonds is 9. The van der Waals surface area contributed by atoms with Gasteiger partial charge in [0.25, 0.3) is 0 Å². The van der Waals surface area contributed by atoms with E-state index in [9.17, 15) is 9.18 Å². The van der Waals surface area contributed by atoms with Crippen molar-refractivity contribution in [3.05, 3.63) is 65.5 Å². The third-order valence-corrected chi connectivity index (χ3v) is 3.96. The molecule has 0 aromatic heterocycles. The fourth-order valence-corrected chi connectivity index (χ4v) is 2.57. The third-order valence-electron chi connectivity index (χ3n) is 3.96. The lowest BCUT2D eigenvalue weighted by Gasteiger charge is -2.12. The van der Waals surface area contributed by atoms with Gasteiger partial charge in [0.05, 0.1) is 20.1 Å². The fraction of sp³-hybridized carbons (Fsp3) is 0.333. The highest BCUT2D eigenvalue weighted by atomic mass is 19.1. The van der Waals surface area contributed by atoms with E-state index in [2.05, 4.69) is 20.9 Å². The molecule has 150 valence electrons. The SMILES string of the molecule is CCNC(=NCc1ccccc1OC)NCCNC(=O)Cc1ccc(F)cc1. The van der Waals surface area contributed by atoms with Crippen molar-refractivity contribution in [2.24, 2.45) is 4.99 Å². The van der Waals surface area contributed by atoms with Crippen LogP contribution in [0.2, 0.25) is 0 Å². The summed E-state index contributed by atoms with van der Waals surface area (Å²) in [6, 6.07) is 13.7. The molecule has 0 unspecified atom stereocenters. The van der Waals surface area contributed by atoms with Gasteiger partial charge >= 0.3 is 0 Å². The molecule has 2 aromatic rings. The van der Waals surface area contributed by atoms with Gasteiger partial charge in [-0.1, -0.05) is 30.3 Å². The van der Waals surface area contributed by atoms with Crippen LogP contribution in [0.1, 0.15) is 18.1 Å². The van der Waals surface area contributed by atoms with E-state index in [1.165, 1.54) is 12.1 Å². The third kappa shape index (κ3) is 7.26. The van der Waals surface area contributed by atoms with E-state index in [4.69, 9.17) is 4.74 Å². The molecule has 0 bridgehead atoms. The van der Waals surface area contributed by atoms with Crippen molar-refractivity contribution in [2.45, 2.75) is 19.9 Å². The molecule has 28 heavy (non-hydrogen) atoms. The van der Waals surface area contributed by atoms with Gasteiger partial charge in [0.1, 0.15) is 11.6 Å². The molecule has 0 radical (unpaired) electrons. The average molecular weight is 386 g/mol. The second-order valence-electron chi connectivity index (χ2n) is 6.09. The number of amides is 1. The maximum Gasteiger partial charge on any atom is 0.224 e. The zero-order valence-corrected chi connectivity index (χ0v) is 16.3. The van der Waals surface area contributed by atoms with E-state index in [-0.39, 0.29) is 18.1 Å². The minimum atomic E-state index is -0.309. The molecule has 3 N–H and O–H groups in total. The van der Waals surface area contributed by atoms with Gasteiger partial charge in [0, 0.05) is 25.2 Å². The Morgan fingerprint density at radius 2 is 1.75 bits per heavy atom. The monoisotopic (exact) mass is 386 g/mol. The van der Waals surface area contributed by atoms with Crippen molar-refractivity contribution >= 4 is 11.9 Å². The normalized spacial score (nSPS) is 11.0. The first-order valence-corrected chi connectivity index (χ1v) is 9.27. The quantitative estimate of drug-likeness (QED) is 0.351. The molecule has 6 nitrogen and oxygen atoms in total. The lowest BCUT2D eigenvalue weighted by atomic mass is 10.1. The minimum absolute atomic E-state index is 0.107. The Balaban J connectivity index is 1.77. The van der Waals surface area contributed by atoms with Crippen molar-refractivity contribution in [2.75, 3.05) is 26.7 Å². The number of guanidine groups is 1. The summed E-state index contributed by atoms with van der Waals surface area (Å²) in [4.78, 5) is 16.5. The number of benzene rings is 2. The van der Waals surface area contributed by atoms with E-state index in [0.717, 1.165) is 23.4 Å². The van der Waals surface area contributed by atoms with Crippen LogP contribution in [0.3, 0.4) is 0 Å². The number of ether oxygens (including phenoxy) is 1. The van der Waals surface area contributed by atoms with Gasteiger partial charge in [0.2, 0.25) is 5.91 Å². The van der Waals surface area contributed by atoms with E-state index >= 15 is 0 Å². The summed E-state index contributed by atoms with van der Waals surface area (Å²) in [5.74, 6) is 1.05. The molecule has 0 atom stereocenters. The van der Waals surface area contributed by atoms with Crippen molar-refractivity contribution in [1.82, 2.24) is 16.0 Å². The highest BCUT2D eigenvalue weighted by molar-refractivity contribution is 5.80. The maximum atomic E-state index is 12.9. The Hall–Kier alpha value is -3.09. The second kappa shape index (κ2) is 11.6. The predicted molar refractivity (Wildman–Crippen MR) is 109 cm³/mol. The van der Waals surface area contributed by atoms with E-state index in [0.29, 0.717) is 25.6 Å². The van der Waals surface area contributed by atoms with E-state index < -0.39 is 0 Å². The Morgan fingerprint density at radius 3 is 2.46 bits per heavy atom. The zero-order valence-electron chi connectivity index (χ0n) is 16.3. The van der Waals surface area contributed by atoms with Crippen LogP contribution in [0, 0.1) is 5.82 Å². The van der Waals surface area contributed by atoms with Crippen LogP contribution in [0.4, 0.5) is 4.39 Å². The van der Waals surface area contributed by atoms with E-state index in [1.807, 2.05) is 31.2 Å². The van der Waals surface area contributed by atoms with Crippen LogP contribution in [-0.2, 0) is 17.8 Å². The van der Waals surface area contributed by atoms with Gasteiger partial charge in [-0.05, 0) is 30.7 Å². The molecular formula is C21H27FN4O2. The lowest BCUT2D eigenvalue weighted by Crippen LogP contribution is -2.41. The van der Waals surface area contributed by atoms with Crippen molar-refractivity contribution in [3.8, 4) is 5.75 Å². The number of aliphatic imine (C=N–C) groups is 1. The summed E-state index contributed by atoms with van der Waals surface area (Å²) in [5, 5.41) is 9.20.